The summed E-state index contributed by atoms with van der Waals surface area (Å²) in [6.07, 6.45) is 2.03. The molecule has 5 heteroatoms. The molecule has 1 atom stereocenters. The van der Waals surface area contributed by atoms with Gasteiger partial charge in [-0.1, -0.05) is 47.5 Å². The fourth-order valence-corrected chi connectivity index (χ4v) is 3.26. The van der Waals surface area contributed by atoms with E-state index in [-0.39, 0.29) is 5.75 Å². The third-order valence-corrected chi connectivity index (χ3v) is 4.62. The van der Waals surface area contributed by atoms with Gasteiger partial charge in [-0.3, -0.25) is 4.21 Å². The minimum atomic E-state index is -2.07. The lowest BCUT2D eigenvalue weighted by Crippen LogP contribution is -1.99. The van der Waals surface area contributed by atoms with Crippen molar-refractivity contribution in [1.29, 1.82) is 0 Å². The fourth-order valence-electron chi connectivity index (χ4n) is 2.80. The average molecular weight is 339 g/mol. The normalized spacial score (nSPS) is 12.3. The van der Waals surface area contributed by atoms with Crippen molar-refractivity contribution in [1.82, 2.24) is 4.57 Å². The number of nitrogens with two attached hydrogens (primary N) is 1. The summed E-state index contributed by atoms with van der Waals surface area (Å²) in [5.41, 5.74) is 12.0. The zero-order valence-electron chi connectivity index (χ0n) is 13.4. The van der Waals surface area contributed by atoms with Crippen molar-refractivity contribution in [3.05, 3.63) is 77.5 Å². The van der Waals surface area contributed by atoms with Crippen molar-refractivity contribution in [2.75, 3.05) is 0 Å². The summed E-state index contributed by atoms with van der Waals surface area (Å²) in [7, 11) is 0. The number of aromatic nitrogens is 1. The molecule has 0 bridgehead atoms. The standard InChI is InChI=1S/C19H20N2O2S/c1-14-10-11-21(18-8-4-16(5-9-18)13-24(22)23)19(14)17-6-2-15(12-20)3-7-17/h2-11H,12-13,20H2,1H3,(H,22,23)/p-1. The summed E-state index contributed by atoms with van der Waals surface area (Å²) < 4.78 is 23.7. The Balaban J connectivity index is 1.98. The zero-order chi connectivity index (χ0) is 17.1. The van der Waals surface area contributed by atoms with Crippen LogP contribution in [0.4, 0.5) is 0 Å². The number of hydrogen-bond donors (Lipinski definition) is 1. The molecule has 0 spiro atoms. The van der Waals surface area contributed by atoms with Crippen molar-refractivity contribution >= 4 is 11.1 Å². The van der Waals surface area contributed by atoms with Gasteiger partial charge in [-0.2, -0.15) is 0 Å². The molecule has 0 saturated heterocycles. The SMILES string of the molecule is Cc1ccn(-c2ccc(CS(=O)[O-])cc2)c1-c1ccc(CN)cc1. The van der Waals surface area contributed by atoms with E-state index in [1.807, 2.05) is 42.6 Å². The highest BCUT2D eigenvalue weighted by atomic mass is 32.2. The van der Waals surface area contributed by atoms with Crippen molar-refractivity contribution in [2.24, 2.45) is 5.73 Å². The van der Waals surface area contributed by atoms with Crippen molar-refractivity contribution in [3.8, 4) is 16.9 Å². The van der Waals surface area contributed by atoms with Crippen LogP contribution in [0.2, 0.25) is 0 Å². The predicted molar refractivity (Wildman–Crippen MR) is 96.5 cm³/mol. The second kappa shape index (κ2) is 7.13. The van der Waals surface area contributed by atoms with Crippen molar-refractivity contribution in [3.63, 3.8) is 0 Å². The molecule has 4 nitrogen and oxygen atoms in total. The van der Waals surface area contributed by atoms with E-state index in [0.717, 1.165) is 28.1 Å². The highest BCUT2D eigenvalue weighted by molar-refractivity contribution is 7.78. The van der Waals surface area contributed by atoms with Gasteiger partial charge >= 0.3 is 0 Å². The molecule has 0 radical (unpaired) electrons. The first-order valence-electron chi connectivity index (χ1n) is 7.71. The van der Waals surface area contributed by atoms with Crippen molar-refractivity contribution in [2.45, 2.75) is 19.2 Å². The lowest BCUT2D eigenvalue weighted by molar-refractivity contribution is 0.536. The first kappa shape index (κ1) is 16.6. The van der Waals surface area contributed by atoms with Crippen LogP contribution in [0.5, 0.6) is 0 Å². The topological polar surface area (TPSA) is 71.1 Å². The maximum atomic E-state index is 10.8. The van der Waals surface area contributed by atoms with Crippen LogP contribution in [0.15, 0.2) is 60.8 Å². The Bertz CT molecular complexity index is 852. The molecular weight excluding hydrogens is 320 g/mol. The van der Waals surface area contributed by atoms with Crippen LogP contribution in [-0.4, -0.2) is 13.3 Å². The van der Waals surface area contributed by atoms with Crippen LogP contribution in [0, 0.1) is 6.92 Å². The highest BCUT2D eigenvalue weighted by Crippen LogP contribution is 2.28. The molecule has 2 aromatic carbocycles. The van der Waals surface area contributed by atoms with Gasteiger partial charge in [-0.15, -0.1) is 0 Å². The molecule has 0 aliphatic carbocycles. The largest absolute Gasteiger partial charge is 0.772 e. The van der Waals surface area contributed by atoms with Crippen LogP contribution in [-0.2, 0) is 23.4 Å². The van der Waals surface area contributed by atoms with Gasteiger partial charge in [0.15, 0.2) is 0 Å². The molecular formula is C19H19N2O2S-. The molecule has 0 amide bonds. The van der Waals surface area contributed by atoms with Crippen LogP contribution in [0.25, 0.3) is 16.9 Å². The van der Waals surface area contributed by atoms with Gasteiger partial charge in [0.25, 0.3) is 0 Å². The van der Waals surface area contributed by atoms with E-state index in [1.54, 1.807) is 0 Å². The molecule has 0 fully saturated rings. The van der Waals surface area contributed by atoms with E-state index in [4.69, 9.17) is 5.73 Å². The third-order valence-electron chi connectivity index (χ3n) is 4.05. The molecule has 2 N–H and O–H groups in total. The van der Waals surface area contributed by atoms with Gasteiger partial charge in [0.2, 0.25) is 0 Å². The lowest BCUT2D eigenvalue weighted by atomic mass is 10.1. The van der Waals surface area contributed by atoms with E-state index in [1.165, 1.54) is 5.56 Å². The number of aryl methyl sites for hydroxylation is 1. The Kier molecular flexibility index (Phi) is 4.94. The van der Waals surface area contributed by atoms with Gasteiger partial charge < -0.3 is 14.9 Å². The van der Waals surface area contributed by atoms with E-state index in [0.29, 0.717) is 6.54 Å². The number of hydrogen-bond acceptors (Lipinski definition) is 3. The second-order valence-electron chi connectivity index (χ2n) is 5.73. The van der Waals surface area contributed by atoms with Crippen LogP contribution >= 0.6 is 0 Å². The molecule has 1 unspecified atom stereocenters. The summed E-state index contributed by atoms with van der Waals surface area (Å²) in [6.45, 7) is 2.61. The molecule has 124 valence electrons. The van der Waals surface area contributed by atoms with E-state index < -0.39 is 11.1 Å². The van der Waals surface area contributed by atoms with Gasteiger partial charge in [0, 0.05) is 24.2 Å². The zero-order valence-corrected chi connectivity index (χ0v) is 14.3. The monoisotopic (exact) mass is 339 g/mol. The Morgan fingerprint density at radius 3 is 2.21 bits per heavy atom. The third kappa shape index (κ3) is 3.48. The van der Waals surface area contributed by atoms with Crippen molar-refractivity contribution < 1.29 is 8.76 Å². The number of nitrogens with zero attached hydrogens (tertiary/aromatic N) is 1. The van der Waals surface area contributed by atoms with Gasteiger partial charge in [0.05, 0.1) is 5.69 Å². The fraction of sp³-hybridized carbons (Fsp3) is 0.158. The number of rotatable bonds is 5. The lowest BCUT2D eigenvalue weighted by Gasteiger charge is -2.13. The Morgan fingerprint density at radius 1 is 1.00 bits per heavy atom. The van der Waals surface area contributed by atoms with E-state index in [2.05, 4.69) is 29.7 Å². The van der Waals surface area contributed by atoms with Crippen LogP contribution < -0.4 is 5.73 Å². The maximum absolute atomic E-state index is 10.8. The molecule has 3 rings (SSSR count). The van der Waals surface area contributed by atoms with Gasteiger partial charge in [0.1, 0.15) is 0 Å². The predicted octanol–water partition coefficient (Wildman–Crippen LogP) is 3.29. The second-order valence-corrected chi connectivity index (χ2v) is 6.63. The highest BCUT2D eigenvalue weighted by Gasteiger charge is 2.10. The molecule has 0 aliphatic rings. The summed E-state index contributed by atoms with van der Waals surface area (Å²) >= 11 is -2.07. The summed E-state index contributed by atoms with van der Waals surface area (Å²) in [5.74, 6) is 0.0401. The quantitative estimate of drug-likeness (QED) is 0.725. The Hall–Kier alpha value is -2.21. The molecule has 0 saturated carbocycles. The maximum Gasteiger partial charge on any atom is 0.0557 e. The molecule has 1 aromatic heterocycles. The first-order valence-corrected chi connectivity index (χ1v) is 8.95. The summed E-state index contributed by atoms with van der Waals surface area (Å²) in [4.78, 5) is 0. The molecule has 1 heterocycles. The Labute approximate surface area is 144 Å². The summed E-state index contributed by atoms with van der Waals surface area (Å²) in [6, 6.07) is 17.9. The smallest absolute Gasteiger partial charge is 0.0557 e. The van der Waals surface area contributed by atoms with Crippen LogP contribution in [0.1, 0.15) is 16.7 Å². The van der Waals surface area contributed by atoms with E-state index in [9.17, 15) is 8.76 Å². The Morgan fingerprint density at radius 2 is 1.62 bits per heavy atom. The van der Waals surface area contributed by atoms with Gasteiger partial charge in [-0.05, 0) is 47.4 Å². The number of benzene rings is 2. The average Bonchev–Trinajstić information content (AvgIpc) is 2.97. The minimum absolute atomic E-state index is 0.0401. The minimum Gasteiger partial charge on any atom is -0.772 e. The van der Waals surface area contributed by atoms with E-state index >= 15 is 0 Å². The molecule has 3 aromatic rings. The molecule has 24 heavy (non-hydrogen) atoms. The van der Waals surface area contributed by atoms with Crippen LogP contribution in [0.3, 0.4) is 0 Å². The van der Waals surface area contributed by atoms with Gasteiger partial charge in [-0.25, -0.2) is 0 Å². The molecule has 0 aliphatic heterocycles. The summed E-state index contributed by atoms with van der Waals surface area (Å²) in [5, 5.41) is 0. The first-order chi connectivity index (χ1) is 11.6.